The maximum absolute atomic E-state index is 5.87. The van der Waals surface area contributed by atoms with Gasteiger partial charge in [0.25, 0.3) is 5.89 Å². The molecule has 0 radical (unpaired) electrons. The van der Waals surface area contributed by atoms with E-state index in [2.05, 4.69) is 10.1 Å². The number of aromatic nitrogens is 2. The van der Waals surface area contributed by atoms with E-state index in [-0.39, 0.29) is 0 Å². The van der Waals surface area contributed by atoms with E-state index in [1.54, 1.807) is 14.2 Å². The van der Waals surface area contributed by atoms with Gasteiger partial charge in [-0.3, -0.25) is 0 Å². The molecule has 0 unspecified atom stereocenters. The largest absolute Gasteiger partial charge is 0.496 e. The summed E-state index contributed by atoms with van der Waals surface area (Å²) < 4.78 is 22.0. The molecule has 0 saturated heterocycles. The van der Waals surface area contributed by atoms with E-state index in [9.17, 15) is 0 Å². The lowest BCUT2D eigenvalue weighted by molar-refractivity contribution is 0.296. The summed E-state index contributed by atoms with van der Waals surface area (Å²) in [5, 5.41) is 4.09. The highest BCUT2D eigenvalue weighted by Gasteiger charge is 2.14. The van der Waals surface area contributed by atoms with Crippen molar-refractivity contribution < 1.29 is 18.7 Å². The van der Waals surface area contributed by atoms with Gasteiger partial charge >= 0.3 is 0 Å². The molecule has 0 bridgehead atoms. The van der Waals surface area contributed by atoms with E-state index in [1.807, 2.05) is 72.8 Å². The Morgan fingerprint density at radius 1 is 0.793 bits per heavy atom. The molecule has 1 heterocycles. The smallest absolute Gasteiger partial charge is 0.262 e. The molecule has 146 valence electrons. The Morgan fingerprint density at radius 3 is 2.24 bits per heavy atom. The fraction of sp³-hybridized carbons (Fsp3) is 0.130. The van der Waals surface area contributed by atoms with Crippen LogP contribution in [0.25, 0.3) is 22.8 Å². The molecule has 3 aromatic carbocycles. The van der Waals surface area contributed by atoms with Crippen LogP contribution in [-0.2, 0) is 6.61 Å². The van der Waals surface area contributed by atoms with Crippen molar-refractivity contribution in [1.29, 1.82) is 0 Å². The summed E-state index contributed by atoms with van der Waals surface area (Å²) >= 11 is 0. The molecule has 1 aromatic heterocycles. The van der Waals surface area contributed by atoms with E-state index in [0.29, 0.717) is 24.1 Å². The Morgan fingerprint density at radius 2 is 1.48 bits per heavy atom. The van der Waals surface area contributed by atoms with Crippen LogP contribution in [0.2, 0.25) is 0 Å². The molecule has 4 aromatic rings. The van der Waals surface area contributed by atoms with Crippen molar-refractivity contribution in [2.24, 2.45) is 0 Å². The predicted octanol–water partition coefficient (Wildman–Crippen LogP) is 5.00. The molecule has 0 spiro atoms. The number of rotatable bonds is 7. The standard InChI is InChI=1S/C23H20N2O4/c1-26-20-9-5-3-7-17(20)15-28-18-13-11-16(12-14-18)22-24-23(29-25-22)19-8-4-6-10-21(19)27-2/h3-14H,15H2,1-2H3. The Hall–Kier alpha value is -3.80. The average molecular weight is 388 g/mol. The summed E-state index contributed by atoms with van der Waals surface area (Å²) in [5.41, 5.74) is 2.57. The van der Waals surface area contributed by atoms with Crippen molar-refractivity contribution in [2.45, 2.75) is 6.61 Å². The zero-order chi connectivity index (χ0) is 20.1. The first-order valence-electron chi connectivity index (χ1n) is 9.10. The van der Waals surface area contributed by atoms with E-state index in [1.165, 1.54) is 0 Å². The van der Waals surface area contributed by atoms with Gasteiger partial charge in [0.05, 0.1) is 19.8 Å². The fourth-order valence-corrected chi connectivity index (χ4v) is 2.95. The number of hydrogen-bond donors (Lipinski definition) is 0. The van der Waals surface area contributed by atoms with Crippen LogP contribution in [0.4, 0.5) is 0 Å². The fourth-order valence-electron chi connectivity index (χ4n) is 2.95. The Labute approximate surface area is 168 Å². The van der Waals surface area contributed by atoms with Crippen LogP contribution in [0.5, 0.6) is 17.2 Å². The second-order valence-electron chi connectivity index (χ2n) is 6.25. The highest BCUT2D eigenvalue weighted by Crippen LogP contribution is 2.30. The van der Waals surface area contributed by atoms with Gasteiger partial charge in [-0.1, -0.05) is 35.5 Å². The molecule has 0 saturated carbocycles. The lowest BCUT2D eigenvalue weighted by Crippen LogP contribution is -1.98. The number of benzene rings is 3. The van der Waals surface area contributed by atoms with Crippen molar-refractivity contribution in [3.63, 3.8) is 0 Å². The first-order chi connectivity index (χ1) is 14.3. The van der Waals surface area contributed by atoms with Crippen LogP contribution in [0.1, 0.15) is 5.56 Å². The summed E-state index contributed by atoms with van der Waals surface area (Å²) in [5.74, 6) is 3.15. The number of methoxy groups -OCH3 is 2. The average Bonchev–Trinajstić information content (AvgIpc) is 3.28. The summed E-state index contributed by atoms with van der Waals surface area (Å²) in [7, 11) is 3.26. The zero-order valence-corrected chi connectivity index (χ0v) is 16.2. The molecule has 0 aliphatic carbocycles. The minimum atomic E-state index is 0.411. The van der Waals surface area contributed by atoms with Crippen molar-refractivity contribution in [3.8, 4) is 40.1 Å². The summed E-state index contributed by atoms with van der Waals surface area (Å²) in [6, 6.07) is 22.9. The summed E-state index contributed by atoms with van der Waals surface area (Å²) in [4.78, 5) is 4.49. The molecule has 4 rings (SSSR count). The molecule has 0 atom stereocenters. The highest BCUT2D eigenvalue weighted by molar-refractivity contribution is 5.65. The predicted molar refractivity (Wildman–Crippen MR) is 109 cm³/mol. The lowest BCUT2D eigenvalue weighted by Gasteiger charge is -2.10. The first-order valence-corrected chi connectivity index (χ1v) is 9.10. The quantitative estimate of drug-likeness (QED) is 0.444. The molecule has 0 N–H and O–H groups in total. The van der Waals surface area contributed by atoms with Gasteiger partial charge in [0.2, 0.25) is 5.82 Å². The first kappa shape index (κ1) is 18.6. The third-order valence-corrected chi connectivity index (χ3v) is 4.46. The molecule has 0 aliphatic heterocycles. The molecule has 0 aliphatic rings. The molecule has 29 heavy (non-hydrogen) atoms. The van der Waals surface area contributed by atoms with E-state index >= 15 is 0 Å². The van der Waals surface area contributed by atoms with Gasteiger partial charge in [0.1, 0.15) is 23.9 Å². The van der Waals surface area contributed by atoms with Gasteiger partial charge in [-0.2, -0.15) is 4.98 Å². The molecule has 0 fully saturated rings. The number of nitrogens with zero attached hydrogens (tertiary/aromatic N) is 2. The monoisotopic (exact) mass is 388 g/mol. The molecular formula is C23H20N2O4. The lowest BCUT2D eigenvalue weighted by atomic mass is 10.2. The number of ether oxygens (including phenoxy) is 3. The van der Waals surface area contributed by atoms with Gasteiger partial charge in [-0.05, 0) is 42.5 Å². The van der Waals surface area contributed by atoms with Crippen LogP contribution in [0.3, 0.4) is 0 Å². The van der Waals surface area contributed by atoms with Gasteiger partial charge < -0.3 is 18.7 Å². The third kappa shape index (κ3) is 4.06. The maximum atomic E-state index is 5.87. The minimum Gasteiger partial charge on any atom is -0.496 e. The van der Waals surface area contributed by atoms with Gasteiger partial charge in [0, 0.05) is 11.1 Å². The van der Waals surface area contributed by atoms with Crippen molar-refractivity contribution in [3.05, 3.63) is 78.4 Å². The Kier molecular flexibility index (Phi) is 5.42. The Balaban J connectivity index is 1.48. The van der Waals surface area contributed by atoms with E-state index in [0.717, 1.165) is 28.2 Å². The highest BCUT2D eigenvalue weighted by atomic mass is 16.5. The maximum Gasteiger partial charge on any atom is 0.262 e. The number of para-hydroxylation sites is 2. The topological polar surface area (TPSA) is 66.6 Å². The van der Waals surface area contributed by atoms with E-state index < -0.39 is 0 Å². The molecule has 6 heteroatoms. The normalized spacial score (nSPS) is 10.6. The van der Waals surface area contributed by atoms with Gasteiger partial charge in [0.15, 0.2) is 0 Å². The summed E-state index contributed by atoms with van der Waals surface area (Å²) in [6.07, 6.45) is 0. The number of hydrogen-bond acceptors (Lipinski definition) is 6. The minimum absolute atomic E-state index is 0.411. The van der Waals surface area contributed by atoms with Crippen molar-refractivity contribution in [2.75, 3.05) is 14.2 Å². The van der Waals surface area contributed by atoms with Crippen LogP contribution < -0.4 is 14.2 Å². The second kappa shape index (κ2) is 8.48. The van der Waals surface area contributed by atoms with Crippen molar-refractivity contribution >= 4 is 0 Å². The van der Waals surface area contributed by atoms with Gasteiger partial charge in [-0.15, -0.1) is 0 Å². The SMILES string of the molecule is COc1ccccc1COc1ccc(-c2noc(-c3ccccc3OC)n2)cc1. The molecular weight excluding hydrogens is 368 g/mol. The Bertz CT molecular complexity index is 1090. The van der Waals surface area contributed by atoms with Gasteiger partial charge in [-0.25, -0.2) is 0 Å². The van der Waals surface area contributed by atoms with Crippen LogP contribution >= 0.6 is 0 Å². The molecule has 6 nitrogen and oxygen atoms in total. The van der Waals surface area contributed by atoms with Crippen LogP contribution in [0.15, 0.2) is 77.3 Å². The van der Waals surface area contributed by atoms with E-state index in [4.69, 9.17) is 18.7 Å². The van der Waals surface area contributed by atoms with Crippen LogP contribution in [0, 0.1) is 0 Å². The zero-order valence-electron chi connectivity index (χ0n) is 16.2. The molecule has 0 amide bonds. The summed E-state index contributed by atoms with van der Waals surface area (Å²) in [6.45, 7) is 0.420. The second-order valence-corrected chi connectivity index (χ2v) is 6.25. The van der Waals surface area contributed by atoms with Crippen LogP contribution in [-0.4, -0.2) is 24.4 Å². The van der Waals surface area contributed by atoms with Crippen molar-refractivity contribution in [1.82, 2.24) is 10.1 Å². The third-order valence-electron chi connectivity index (χ3n) is 4.46.